The van der Waals surface area contributed by atoms with Crippen LogP contribution in [0.2, 0.25) is 0 Å². The van der Waals surface area contributed by atoms with E-state index >= 15 is 0 Å². The number of aromatic nitrogens is 7. The predicted octanol–water partition coefficient (Wildman–Crippen LogP) is -1.93. The summed E-state index contributed by atoms with van der Waals surface area (Å²) in [6.07, 6.45) is -1.63. The molecule has 0 spiro atoms. The van der Waals surface area contributed by atoms with Crippen molar-refractivity contribution in [2.45, 2.75) is 34.8 Å². The quantitative estimate of drug-likeness (QED) is 0.0442. The number of tetrazole rings is 1. The third kappa shape index (κ3) is 5.03. The number of oxime groups is 1. The van der Waals surface area contributed by atoms with E-state index in [2.05, 4.69) is 46.3 Å². The molecule has 2 amide bonds. The van der Waals surface area contributed by atoms with Crippen molar-refractivity contribution in [3.63, 3.8) is 0 Å². The number of ether oxygens (including phenoxy) is 1. The topological polar surface area (TPSA) is 288 Å². The minimum absolute atomic E-state index is 0.187. The van der Waals surface area contributed by atoms with Crippen LogP contribution in [-0.4, -0.2) is 108 Å². The molecule has 21 heteroatoms. The van der Waals surface area contributed by atoms with Gasteiger partial charge in [0.25, 0.3) is 11.8 Å². The molecule has 0 saturated carbocycles. The number of aromatic amines is 2. The van der Waals surface area contributed by atoms with E-state index in [-0.39, 0.29) is 17.5 Å². The van der Waals surface area contributed by atoms with Crippen molar-refractivity contribution >= 4 is 53.2 Å². The molecule has 37 heavy (non-hydrogen) atoms. The Morgan fingerprint density at radius 3 is 2.73 bits per heavy atom. The Bertz CT molecular complexity index is 1300. The third-order valence-electron chi connectivity index (χ3n) is 5.11. The fraction of sp³-hybridized carbons (Fsp3) is 0.375. The Morgan fingerprint density at radius 1 is 1.35 bits per heavy atom. The van der Waals surface area contributed by atoms with E-state index in [1.807, 2.05) is 0 Å². The van der Waals surface area contributed by atoms with Gasteiger partial charge in [0.15, 0.2) is 11.9 Å². The second kappa shape index (κ2) is 10.4. The molecule has 1 fully saturated rings. The number of nitrogens with zero attached hydrogens (tertiary/aromatic N) is 7. The van der Waals surface area contributed by atoms with Gasteiger partial charge in [-0.15, -0.1) is 22.0 Å². The molecule has 2 aromatic heterocycles. The molecule has 2 aliphatic heterocycles. The number of rotatable bonds is 9. The molecule has 196 valence electrons. The number of fused-ring (bicyclic) bond motifs is 1. The van der Waals surface area contributed by atoms with Crippen LogP contribution in [0.1, 0.15) is 24.6 Å². The number of carboxylic acid groups (broad SMARTS) is 2. The summed E-state index contributed by atoms with van der Waals surface area (Å²) in [5, 5.41) is 51.2. The number of carbonyl (C=O) groups is 4. The van der Waals surface area contributed by atoms with Gasteiger partial charge in [-0.2, -0.15) is 10.3 Å². The number of nitrogens with two attached hydrogens (primary N) is 1. The van der Waals surface area contributed by atoms with Crippen LogP contribution in [0.3, 0.4) is 0 Å². The zero-order valence-electron chi connectivity index (χ0n) is 18.4. The lowest BCUT2D eigenvalue weighted by molar-refractivity contribution is -0.148. The molecular weight excluding hydrogens is 538 g/mol. The SMILES string of the molecule is CC(Sc1nn[nH]n1)C1=C(OC(=O)O)N2C(=O)[C@@H](NC(=O)C(=NO)c3n[nH]c(C(N)C(=O)O)n3)[C@@H]2SC1. The van der Waals surface area contributed by atoms with Crippen molar-refractivity contribution < 1.29 is 39.3 Å². The average Bonchev–Trinajstić information content (AvgIpc) is 3.54. The van der Waals surface area contributed by atoms with E-state index < -0.39 is 58.2 Å². The number of nitrogens with one attached hydrogen (secondary N) is 3. The first-order valence-corrected chi connectivity index (χ1v) is 12.0. The summed E-state index contributed by atoms with van der Waals surface area (Å²) in [7, 11) is 0. The van der Waals surface area contributed by atoms with Gasteiger partial charge in [0.2, 0.25) is 22.6 Å². The molecule has 0 radical (unpaired) electrons. The van der Waals surface area contributed by atoms with E-state index in [1.54, 1.807) is 6.92 Å². The lowest BCUT2D eigenvalue weighted by Gasteiger charge is -2.49. The van der Waals surface area contributed by atoms with Crippen LogP contribution in [0.4, 0.5) is 4.79 Å². The Hall–Kier alpha value is -4.24. The molecule has 19 nitrogen and oxygen atoms in total. The molecule has 0 bridgehead atoms. The number of hydrogen-bond donors (Lipinski definition) is 7. The Kier molecular flexibility index (Phi) is 7.26. The second-order valence-corrected chi connectivity index (χ2v) is 9.74. The zero-order valence-corrected chi connectivity index (χ0v) is 20.1. The van der Waals surface area contributed by atoms with Gasteiger partial charge in [0.05, 0.1) is 0 Å². The first kappa shape index (κ1) is 25.8. The first-order valence-electron chi connectivity index (χ1n) is 10.0. The van der Waals surface area contributed by atoms with Crippen LogP contribution < -0.4 is 11.1 Å². The summed E-state index contributed by atoms with van der Waals surface area (Å²) in [6, 6.07) is -2.71. The van der Waals surface area contributed by atoms with Crippen LogP contribution in [0.15, 0.2) is 21.8 Å². The first-order chi connectivity index (χ1) is 17.6. The molecule has 0 aromatic carbocycles. The largest absolute Gasteiger partial charge is 0.512 e. The van der Waals surface area contributed by atoms with E-state index in [0.717, 1.165) is 16.7 Å². The summed E-state index contributed by atoms with van der Waals surface area (Å²) in [4.78, 5) is 52.9. The van der Waals surface area contributed by atoms with Gasteiger partial charge in [0.1, 0.15) is 11.4 Å². The van der Waals surface area contributed by atoms with E-state index in [9.17, 15) is 29.5 Å². The van der Waals surface area contributed by atoms with Crippen molar-refractivity contribution in [2.24, 2.45) is 10.9 Å². The van der Waals surface area contributed by atoms with Gasteiger partial charge in [-0.1, -0.05) is 16.9 Å². The van der Waals surface area contributed by atoms with Crippen molar-refractivity contribution in [2.75, 3.05) is 5.75 Å². The van der Waals surface area contributed by atoms with Crippen LogP contribution >= 0.6 is 23.5 Å². The summed E-state index contributed by atoms with van der Waals surface area (Å²) >= 11 is 2.40. The van der Waals surface area contributed by atoms with Gasteiger partial charge in [-0.05, 0) is 12.1 Å². The molecular formula is C16H17N11O8S2. The fourth-order valence-electron chi connectivity index (χ4n) is 3.33. The van der Waals surface area contributed by atoms with E-state index in [0.29, 0.717) is 10.7 Å². The number of carboxylic acids is 1. The molecule has 2 unspecified atom stereocenters. The molecule has 4 heterocycles. The smallest absolute Gasteiger partial charge is 0.480 e. The van der Waals surface area contributed by atoms with Crippen molar-refractivity contribution in [3.8, 4) is 0 Å². The highest BCUT2D eigenvalue weighted by Crippen LogP contribution is 2.43. The van der Waals surface area contributed by atoms with Gasteiger partial charge in [-0.3, -0.25) is 24.4 Å². The maximum absolute atomic E-state index is 12.9. The van der Waals surface area contributed by atoms with Crippen LogP contribution in [0.5, 0.6) is 0 Å². The summed E-state index contributed by atoms with van der Waals surface area (Å²) in [5.41, 5.74) is 5.20. The number of aliphatic carboxylic acids is 1. The maximum Gasteiger partial charge on any atom is 0.512 e. The zero-order chi connectivity index (χ0) is 26.9. The summed E-state index contributed by atoms with van der Waals surface area (Å²) in [6.45, 7) is 1.75. The molecule has 2 aliphatic rings. The average molecular weight is 556 g/mol. The van der Waals surface area contributed by atoms with E-state index in [1.165, 1.54) is 11.8 Å². The third-order valence-corrected chi connectivity index (χ3v) is 7.43. The number of β-lactam (4-membered cyclic amide) rings is 1. The highest BCUT2D eigenvalue weighted by atomic mass is 32.2. The monoisotopic (exact) mass is 555 g/mol. The number of carbonyl (C=O) groups excluding carboxylic acids is 2. The van der Waals surface area contributed by atoms with E-state index in [4.69, 9.17) is 15.6 Å². The van der Waals surface area contributed by atoms with Crippen LogP contribution in [0, 0.1) is 0 Å². The van der Waals surface area contributed by atoms with Gasteiger partial charge in [-0.25, -0.2) is 9.78 Å². The van der Waals surface area contributed by atoms with Crippen LogP contribution in [0.25, 0.3) is 0 Å². The molecule has 8 N–H and O–H groups in total. The summed E-state index contributed by atoms with van der Waals surface area (Å²) in [5.74, 6) is -3.85. The Morgan fingerprint density at radius 2 is 2.11 bits per heavy atom. The number of amides is 2. The normalized spacial score (nSPS) is 21.1. The number of H-pyrrole nitrogens is 2. The molecule has 0 aliphatic carbocycles. The second-order valence-electron chi connectivity index (χ2n) is 7.32. The summed E-state index contributed by atoms with van der Waals surface area (Å²) < 4.78 is 4.93. The highest BCUT2D eigenvalue weighted by Gasteiger charge is 2.55. The molecule has 2 aromatic rings. The lowest BCUT2D eigenvalue weighted by atomic mass is 10.0. The predicted molar refractivity (Wildman–Crippen MR) is 120 cm³/mol. The maximum atomic E-state index is 12.9. The molecule has 4 rings (SSSR count). The fourth-order valence-corrected chi connectivity index (χ4v) is 5.71. The van der Waals surface area contributed by atoms with Crippen molar-refractivity contribution in [3.05, 3.63) is 23.1 Å². The standard InChI is InChI=1S/C16H17N11O8S2/c1-3(37-15-22-25-26-23-15)4-2-36-13-7(11(29)27(13)12(4)35-16(32)33)18-10(28)6(24-34)9-19-8(20-21-9)5(17)14(30)31/h3,5,7,13,34H,2,17H2,1H3,(H,18,28)(H,30,31)(H,32,33)(H,19,20,21)(H,22,23,25,26)/t3?,5?,7-,13+/m1/s1. The van der Waals surface area contributed by atoms with Crippen LogP contribution in [-0.2, 0) is 19.1 Å². The molecule has 1 saturated heterocycles. The Balaban J connectivity index is 1.50. The van der Waals surface area contributed by atoms with Gasteiger partial charge in [0, 0.05) is 16.6 Å². The molecule has 4 atom stereocenters. The highest BCUT2D eigenvalue weighted by molar-refractivity contribution is 8.01. The number of thioether (sulfide) groups is 2. The minimum Gasteiger partial charge on any atom is -0.480 e. The lowest BCUT2D eigenvalue weighted by Crippen LogP contribution is -2.70. The van der Waals surface area contributed by atoms with Crippen molar-refractivity contribution in [1.29, 1.82) is 0 Å². The number of hydrogen-bond acceptors (Lipinski definition) is 15. The Labute approximate surface area is 213 Å². The van der Waals surface area contributed by atoms with Gasteiger partial charge >= 0.3 is 12.1 Å². The van der Waals surface area contributed by atoms with Crippen molar-refractivity contribution in [1.82, 2.24) is 46.0 Å². The van der Waals surface area contributed by atoms with Gasteiger partial charge < -0.3 is 31.2 Å². The minimum atomic E-state index is -1.63.